The first-order valence-corrected chi connectivity index (χ1v) is 14.6. The van der Waals surface area contributed by atoms with E-state index in [2.05, 4.69) is 0 Å². The molecule has 0 spiro atoms. The maximum Gasteiger partial charge on any atom is 0.335 e. The van der Waals surface area contributed by atoms with Crippen molar-refractivity contribution >= 4 is 36.0 Å². The molecule has 1 fully saturated rings. The summed E-state index contributed by atoms with van der Waals surface area (Å²) in [6, 6.07) is 11.2. The minimum atomic E-state index is -2.60. The van der Waals surface area contributed by atoms with E-state index in [1.807, 2.05) is 0 Å². The summed E-state index contributed by atoms with van der Waals surface area (Å²) in [7, 11) is 0. The van der Waals surface area contributed by atoms with Crippen molar-refractivity contribution in [1.29, 1.82) is 0 Å². The molecule has 4 atom stereocenters. The van der Waals surface area contributed by atoms with Crippen molar-refractivity contribution in [2.45, 2.75) is 49.6 Å². The van der Waals surface area contributed by atoms with Gasteiger partial charge < -0.3 is 55.1 Å². The molecule has 0 amide bonds. The highest BCUT2D eigenvalue weighted by Crippen LogP contribution is 2.36. The third-order valence-electron chi connectivity index (χ3n) is 7.49. The first-order valence-electron chi connectivity index (χ1n) is 14.6. The Morgan fingerprint density at radius 3 is 1.61 bits per heavy atom. The van der Waals surface area contributed by atoms with E-state index in [0.717, 1.165) is 24.3 Å². The van der Waals surface area contributed by atoms with Crippen LogP contribution in [0.25, 0.3) is 12.2 Å². The average molecular weight is 681 g/mol. The Kier molecular flexibility index (Phi) is 11.0. The number of phenols is 6. The van der Waals surface area contributed by atoms with Gasteiger partial charge in [0, 0.05) is 31.4 Å². The number of carboxylic acids is 1. The van der Waals surface area contributed by atoms with Crippen molar-refractivity contribution in [2.75, 3.05) is 0 Å². The summed E-state index contributed by atoms with van der Waals surface area (Å²) in [5.74, 6) is -7.38. The van der Waals surface area contributed by atoms with Crippen LogP contribution >= 0.6 is 0 Å². The van der Waals surface area contributed by atoms with E-state index in [4.69, 9.17) is 14.2 Å². The van der Waals surface area contributed by atoms with Gasteiger partial charge in [0.05, 0.1) is 0 Å². The predicted octanol–water partition coefficient (Wildman–Crippen LogP) is 2.62. The monoisotopic (exact) mass is 680 g/mol. The van der Waals surface area contributed by atoms with Crippen molar-refractivity contribution in [1.82, 2.24) is 0 Å². The van der Waals surface area contributed by atoms with E-state index < -0.39 is 89.4 Å². The number of carbonyl (C=O) groups is 4. The summed E-state index contributed by atoms with van der Waals surface area (Å²) in [4.78, 5) is 50.9. The summed E-state index contributed by atoms with van der Waals surface area (Å²) in [5.41, 5.74) is -1.63. The maximum atomic E-state index is 13.0. The second-order valence-electron chi connectivity index (χ2n) is 11.1. The molecule has 3 aromatic carbocycles. The molecule has 0 heterocycles. The number of aliphatic hydroxyl groups is 1. The Hall–Kier alpha value is -6.22. The number of carboxylic acid groups (broad SMARTS) is 1. The molecular weight excluding hydrogens is 648 g/mol. The number of esters is 3. The predicted molar refractivity (Wildman–Crippen MR) is 167 cm³/mol. The van der Waals surface area contributed by atoms with Gasteiger partial charge in [-0.1, -0.05) is 18.2 Å². The zero-order chi connectivity index (χ0) is 35.9. The van der Waals surface area contributed by atoms with Crippen LogP contribution in [-0.2, 0) is 39.8 Å². The molecule has 0 radical (unpaired) electrons. The molecule has 15 nitrogen and oxygen atoms in total. The van der Waals surface area contributed by atoms with Crippen LogP contribution < -0.4 is 0 Å². The van der Waals surface area contributed by atoms with E-state index >= 15 is 0 Å². The van der Waals surface area contributed by atoms with Gasteiger partial charge in [-0.3, -0.25) is 4.79 Å². The Labute approximate surface area is 277 Å². The highest BCUT2D eigenvalue weighted by molar-refractivity contribution is 5.88. The summed E-state index contributed by atoms with van der Waals surface area (Å²) in [6.45, 7) is 0. The molecule has 1 aliphatic carbocycles. The lowest BCUT2D eigenvalue weighted by Crippen LogP contribution is -2.59. The molecule has 8 N–H and O–H groups in total. The molecule has 0 unspecified atom stereocenters. The molecule has 0 aromatic heterocycles. The smallest absolute Gasteiger partial charge is 0.335 e. The van der Waals surface area contributed by atoms with E-state index in [1.54, 1.807) is 0 Å². The second-order valence-corrected chi connectivity index (χ2v) is 11.1. The normalized spacial score (nSPS) is 20.6. The van der Waals surface area contributed by atoms with Crippen LogP contribution in [0.1, 0.15) is 36.0 Å². The molecule has 0 saturated heterocycles. The van der Waals surface area contributed by atoms with Gasteiger partial charge in [0.15, 0.2) is 46.2 Å². The highest BCUT2D eigenvalue weighted by atomic mass is 16.6. The van der Waals surface area contributed by atoms with Gasteiger partial charge in [-0.2, -0.15) is 0 Å². The van der Waals surface area contributed by atoms with Crippen molar-refractivity contribution in [3.63, 3.8) is 0 Å². The standard InChI is InChI=1S/C34H32O15/c35-21-7-1-18(13-24(21)38)4-10-29(41)47-27-16-34(46,33(44)45)17-28(48-30(42)11-5-19-2-8-22(36)25(39)14-19)32(27)49-31(43)12-6-20-3-9-23(37)26(40)15-20/h1-4,6-10,12-15,27-28,32,35-40,46H,5,11,16-17H2,(H,44,45)/b10-4+,12-6+/t27-,28-,32-,34+/m1/s1. The minimum Gasteiger partial charge on any atom is -0.504 e. The Balaban J connectivity index is 1.59. The van der Waals surface area contributed by atoms with Gasteiger partial charge in [0.25, 0.3) is 0 Å². The number of aryl methyl sites for hydroxylation is 1. The van der Waals surface area contributed by atoms with Crippen LogP contribution in [0.5, 0.6) is 34.5 Å². The SMILES string of the molecule is O=C(/C=C/c1ccc(O)c(O)c1)O[C@@H]1[C@H](OC(=O)/C=C/c2ccc(O)c(O)c2)C[C@@](O)(C(=O)O)C[C@H]1OC(=O)CCc1ccc(O)c(O)c1. The van der Waals surface area contributed by atoms with Crippen LogP contribution in [0.3, 0.4) is 0 Å². The number of ether oxygens (including phenoxy) is 3. The highest BCUT2D eigenvalue weighted by Gasteiger charge is 2.54. The summed E-state index contributed by atoms with van der Waals surface area (Å²) in [5, 5.41) is 78.5. The first-order chi connectivity index (χ1) is 23.1. The molecule has 1 saturated carbocycles. The van der Waals surface area contributed by atoms with Crippen LogP contribution in [0.15, 0.2) is 66.7 Å². The Morgan fingerprint density at radius 2 is 1.12 bits per heavy atom. The maximum absolute atomic E-state index is 13.0. The van der Waals surface area contributed by atoms with Gasteiger partial charge in [0.2, 0.25) is 0 Å². The summed E-state index contributed by atoms with van der Waals surface area (Å²) >= 11 is 0. The van der Waals surface area contributed by atoms with E-state index in [-0.39, 0.29) is 29.7 Å². The van der Waals surface area contributed by atoms with Crippen LogP contribution in [0.2, 0.25) is 0 Å². The number of aliphatic carboxylic acids is 1. The zero-order valence-corrected chi connectivity index (χ0v) is 25.5. The van der Waals surface area contributed by atoms with Gasteiger partial charge in [0.1, 0.15) is 12.2 Å². The second kappa shape index (κ2) is 15.1. The molecule has 258 valence electrons. The van der Waals surface area contributed by atoms with Crippen LogP contribution in [0.4, 0.5) is 0 Å². The fourth-order valence-corrected chi connectivity index (χ4v) is 4.94. The van der Waals surface area contributed by atoms with Crippen LogP contribution in [-0.4, -0.2) is 88.6 Å². The molecule has 0 aliphatic heterocycles. The number of hydrogen-bond acceptors (Lipinski definition) is 14. The van der Waals surface area contributed by atoms with Crippen LogP contribution in [0, 0.1) is 0 Å². The van der Waals surface area contributed by atoms with Gasteiger partial charge in [-0.15, -0.1) is 0 Å². The van der Waals surface area contributed by atoms with E-state index in [1.165, 1.54) is 54.6 Å². The topological polar surface area (TPSA) is 258 Å². The lowest BCUT2D eigenvalue weighted by molar-refractivity contribution is -0.212. The van der Waals surface area contributed by atoms with Gasteiger partial charge >= 0.3 is 23.9 Å². The van der Waals surface area contributed by atoms with Crippen molar-refractivity contribution in [3.05, 3.63) is 83.4 Å². The van der Waals surface area contributed by atoms with E-state index in [9.17, 15) is 60.0 Å². The third-order valence-corrected chi connectivity index (χ3v) is 7.49. The quantitative estimate of drug-likeness (QED) is 0.0627. The summed E-state index contributed by atoms with van der Waals surface area (Å²) < 4.78 is 16.4. The minimum absolute atomic E-state index is 0.00524. The molecule has 3 aromatic rings. The number of hydrogen-bond donors (Lipinski definition) is 8. The van der Waals surface area contributed by atoms with E-state index in [0.29, 0.717) is 5.56 Å². The fourth-order valence-electron chi connectivity index (χ4n) is 4.94. The number of phenolic OH excluding ortho intramolecular Hbond substituents is 6. The molecule has 4 rings (SSSR count). The van der Waals surface area contributed by atoms with Gasteiger partial charge in [-0.05, 0) is 71.7 Å². The third kappa shape index (κ3) is 9.42. The largest absolute Gasteiger partial charge is 0.504 e. The molecular formula is C34H32O15. The Morgan fingerprint density at radius 1 is 0.653 bits per heavy atom. The lowest BCUT2D eigenvalue weighted by Gasteiger charge is -2.42. The van der Waals surface area contributed by atoms with Gasteiger partial charge in [-0.25, -0.2) is 14.4 Å². The number of aromatic hydroxyl groups is 6. The number of rotatable bonds is 11. The first kappa shape index (κ1) is 35.6. The van der Waals surface area contributed by atoms with Crippen molar-refractivity contribution in [2.24, 2.45) is 0 Å². The van der Waals surface area contributed by atoms with Crippen molar-refractivity contribution in [3.8, 4) is 34.5 Å². The zero-order valence-electron chi connectivity index (χ0n) is 25.5. The van der Waals surface area contributed by atoms with Crippen molar-refractivity contribution < 1.29 is 74.2 Å². The number of benzene rings is 3. The molecule has 1 aliphatic rings. The molecule has 0 bridgehead atoms. The number of carbonyl (C=O) groups excluding carboxylic acids is 3. The molecule has 15 heteroatoms. The molecule has 49 heavy (non-hydrogen) atoms. The summed E-state index contributed by atoms with van der Waals surface area (Å²) in [6.07, 6.45) is -2.62. The lowest BCUT2D eigenvalue weighted by atomic mass is 9.79. The Bertz CT molecular complexity index is 1800. The fraction of sp³-hybridized carbons (Fsp3) is 0.235. The average Bonchev–Trinajstić information content (AvgIpc) is 3.04.